The van der Waals surface area contributed by atoms with Crippen LogP contribution in [0.4, 0.5) is 4.39 Å². The Balaban J connectivity index is 1.55. The Bertz CT molecular complexity index is 1290. The van der Waals surface area contributed by atoms with Gasteiger partial charge in [0.15, 0.2) is 0 Å². The third kappa shape index (κ3) is 5.70. The summed E-state index contributed by atoms with van der Waals surface area (Å²) in [6.45, 7) is 1.35. The number of carbonyl (C=O) groups is 2. The van der Waals surface area contributed by atoms with E-state index in [2.05, 4.69) is 12.1 Å². The van der Waals surface area contributed by atoms with Crippen LogP contribution in [0.25, 0.3) is 0 Å². The van der Waals surface area contributed by atoms with E-state index in [1.54, 1.807) is 30.1 Å². The van der Waals surface area contributed by atoms with Gasteiger partial charge in [0.05, 0.1) is 17.0 Å². The molecule has 0 aromatic heterocycles. The van der Waals surface area contributed by atoms with Gasteiger partial charge in [0.1, 0.15) is 18.2 Å². The zero-order valence-corrected chi connectivity index (χ0v) is 22.7. The number of amides is 2. The summed E-state index contributed by atoms with van der Waals surface area (Å²) in [6, 6.07) is 23.9. The minimum absolute atomic E-state index is 0.00981. The number of hydrogen-bond acceptors (Lipinski definition) is 3. The maximum atomic E-state index is 15.2. The molecule has 39 heavy (non-hydrogen) atoms. The number of ether oxygens (including phenoxy) is 1. The highest BCUT2D eigenvalue weighted by molar-refractivity contribution is 5.96. The summed E-state index contributed by atoms with van der Waals surface area (Å²) in [5, 5.41) is 0. The van der Waals surface area contributed by atoms with Gasteiger partial charge in [-0.05, 0) is 55.9 Å². The van der Waals surface area contributed by atoms with E-state index < -0.39 is 5.41 Å². The minimum atomic E-state index is -0.873. The zero-order chi connectivity index (χ0) is 27.2. The van der Waals surface area contributed by atoms with Crippen LogP contribution in [0.2, 0.25) is 0 Å². The molecule has 1 saturated carbocycles. The smallest absolute Gasteiger partial charge is 0.257 e. The van der Waals surface area contributed by atoms with Crippen molar-refractivity contribution < 1.29 is 18.7 Å². The molecule has 2 aliphatic rings. The minimum Gasteiger partial charge on any atom is -0.491 e. The summed E-state index contributed by atoms with van der Waals surface area (Å²) in [5.74, 6) is 0.129. The van der Waals surface area contributed by atoms with E-state index in [0.717, 1.165) is 31.2 Å². The lowest BCUT2D eigenvalue weighted by Crippen LogP contribution is -2.53. The highest BCUT2D eigenvalue weighted by Crippen LogP contribution is 2.44. The molecule has 1 heterocycles. The van der Waals surface area contributed by atoms with E-state index in [-0.39, 0.29) is 30.3 Å². The van der Waals surface area contributed by atoms with Crippen LogP contribution in [0.5, 0.6) is 5.75 Å². The van der Waals surface area contributed by atoms with Crippen LogP contribution in [-0.4, -0.2) is 54.4 Å². The second-order valence-electron chi connectivity index (χ2n) is 10.9. The molecule has 0 unspecified atom stereocenters. The molecule has 1 fully saturated rings. The van der Waals surface area contributed by atoms with Crippen molar-refractivity contribution in [1.82, 2.24) is 9.80 Å². The van der Waals surface area contributed by atoms with Gasteiger partial charge < -0.3 is 14.5 Å². The highest BCUT2D eigenvalue weighted by atomic mass is 19.1. The summed E-state index contributed by atoms with van der Waals surface area (Å²) in [6.07, 6.45) is 5.19. The first kappa shape index (κ1) is 26.9. The SMILES string of the molecule is CN1CCCCN(C(=O)C2(c3ccccc3F)CCCC2)[C@@H](Cc2ccccc2)COc2ccccc2C1=O. The third-order valence-electron chi connectivity index (χ3n) is 8.31. The number of hydrogen-bond donors (Lipinski definition) is 0. The van der Waals surface area contributed by atoms with Gasteiger partial charge in [0, 0.05) is 25.7 Å². The normalized spacial score (nSPS) is 19.9. The van der Waals surface area contributed by atoms with E-state index in [1.165, 1.54) is 6.07 Å². The Morgan fingerprint density at radius 3 is 2.33 bits per heavy atom. The van der Waals surface area contributed by atoms with Crippen molar-refractivity contribution in [2.75, 3.05) is 26.7 Å². The predicted octanol–water partition coefficient (Wildman–Crippen LogP) is 6.02. The fraction of sp³-hybridized carbons (Fsp3) is 0.394. The number of carbonyl (C=O) groups excluding carboxylic acids is 2. The van der Waals surface area contributed by atoms with Crippen molar-refractivity contribution in [1.29, 1.82) is 0 Å². The number of benzene rings is 3. The molecule has 0 bridgehead atoms. The Morgan fingerprint density at radius 2 is 1.56 bits per heavy atom. The highest BCUT2D eigenvalue weighted by Gasteiger charge is 2.47. The molecule has 2 amide bonds. The Morgan fingerprint density at radius 1 is 0.897 bits per heavy atom. The first-order valence-corrected chi connectivity index (χ1v) is 14.1. The van der Waals surface area contributed by atoms with Gasteiger partial charge in [-0.2, -0.15) is 0 Å². The van der Waals surface area contributed by atoms with Crippen molar-refractivity contribution in [3.63, 3.8) is 0 Å². The molecular formula is C33H37FN2O3. The molecule has 1 aliphatic heterocycles. The maximum absolute atomic E-state index is 15.2. The lowest BCUT2D eigenvalue weighted by Gasteiger charge is -2.40. The molecule has 6 heteroatoms. The molecule has 1 atom stereocenters. The van der Waals surface area contributed by atoms with Crippen LogP contribution in [-0.2, 0) is 16.6 Å². The topological polar surface area (TPSA) is 49.9 Å². The first-order chi connectivity index (χ1) is 19.0. The van der Waals surface area contributed by atoms with Crippen molar-refractivity contribution >= 4 is 11.8 Å². The Kier molecular flexibility index (Phi) is 8.30. The summed E-state index contributed by atoms with van der Waals surface area (Å²) in [5.41, 5.74) is 1.26. The number of rotatable bonds is 4. The van der Waals surface area contributed by atoms with Crippen molar-refractivity contribution in [3.8, 4) is 5.75 Å². The predicted molar refractivity (Wildman–Crippen MR) is 150 cm³/mol. The van der Waals surface area contributed by atoms with Gasteiger partial charge in [-0.1, -0.05) is 73.5 Å². The van der Waals surface area contributed by atoms with Gasteiger partial charge in [0.2, 0.25) is 5.91 Å². The van der Waals surface area contributed by atoms with E-state index in [1.807, 2.05) is 47.4 Å². The lowest BCUT2D eigenvalue weighted by molar-refractivity contribution is -0.140. The van der Waals surface area contributed by atoms with Crippen LogP contribution in [0, 0.1) is 5.82 Å². The number of halogens is 1. The number of nitrogens with zero attached hydrogens (tertiary/aromatic N) is 2. The van der Waals surface area contributed by atoms with Gasteiger partial charge in [-0.25, -0.2) is 4.39 Å². The van der Waals surface area contributed by atoms with Gasteiger partial charge in [-0.3, -0.25) is 9.59 Å². The monoisotopic (exact) mass is 528 g/mol. The van der Waals surface area contributed by atoms with Crippen LogP contribution >= 0.6 is 0 Å². The number of para-hydroxylation sites is 1. The maximum Gasteiger partial charge on any atom is 0.257 e. The standard InChI is InChI=1S/C33H37FN2O3/c1-35-21-11-12-22-36(32(38)33(19-9-10-20-33)28-16-6-7-17-29(28)34)26(23-25-13-3-2-4-14-25)24-39-30-18-8-5-15-27(30)31(35)37/h2-8,13-18,26H,9-12,19-24H2,1H3/t26-/m0/s1. The molecule has 204 valence electrons. The summed E-state index contributed by atoms with van der Waals surface area (Å²) >= 11 is 0. The van der Waals surface area contributed by atoms with Crippen molar-refractivity contribution in [3.05, 3.63) is 101 Å². The number of fused-ring (bicyclic) bond motifs is 1. The van der Waals surface area contributed by atoms with Crippen LogP contribution in [0.15, 0.2) is 78.9 Å². The molecular weight excluding hydrogens is 491 g/mol. The second kappa shape index (κ2) is 12.0. The van der Waals surface area contributed by atoms with E-state index in [4.69, 9.17) is 4.74 Å². The second-order valence-corrected chi connectivity index (χ2v) is 10.9. The van der Waals surface area contributed by atoms with Crippen LogP contribution in [0.1, 0.15) is 60.0 Å². The average Bonchev–Trinajstić information content (AvgIpc) is 3.46. The van der Waals surface area contributed by atoms with Crippen LogP contribution in [0.3, 0.4) is 0 Å². The van der Waals surface area contributed by atoms with Crippen LogP contribution < -0.4 is 4.74 Å². The molecule has 0 N–H and O–H groups in total. The quantitative estimate of drug-likeness (QED) is 0.416. The lowest BCUT2D eigenvalue weighted by atomic mass is 9.76. The molecule has 0 saturated heterocycles. The van der Waals surface area contributed by atoms with Gasteiger partial charge in [0.25, 0.3) is 5.91 Å². The summed E-state index contributed by atoms with van der Waals surface area (Å²) < 4.78 is 21.6. The molecule has 0 spiro atoms. The fourth-order valence-electron chi connectivity index (χ4n) is 6.19. The van der Waals surface area contributed by atoms with Crippen molar-refractivity contribution in [2.24, 2.45) is 0 Å². The fourth-order valence-corrected chi connectivity index (χ4v) is 6.19. The van der Waals surface area contributed by atoms with Gasteiger partial charge in [-0.15, -0.1) is 0 Å². The molecule has 3 aromatic carbocycles. The van der Waals surface area contributed by atoms with E-state index in [0.29, 0.717) is 49.2 Å². The average molecular weight is 529 g/mol. The van der Waals surface area contributed by atoms with E-state index >= 15 is 4.39 Å². The summed E-state index contributed by atoms with van der Waals surface area (Å²) in [7, 11) is 1.80. The molecule has 5 rings (SSSR count). The Labute approximate surface area is 230 Å². The molecule has 0 radical (unpaired) electrons. The zero-order valence-electron chi connectivity index (χ0n) is 22.7. The third-order valence-corrected chi connectivity index (χ3v) is 8.31. The summed E-state index contributed by atoms with van der Waals surface area (Å²) in [4.78, 5) is 31.5. The van der Waals surface area contributed by atoms with E-state index in [9.17, 15) is 9.59 Å². The Hall–Kier alpha value is -3.67. The van der Waals surface area contributed by atoms with Gasteiger partial charge >= 0.3 is 0 Å². The largest absolute Gasteiger partial charge is 0.491 e. The molecule has 5 nitrogen and oxygen atoms in total. The molecule has 3 aromatic rings. The van der Waals surface area contributed by atoms with Crippen molar-refractivity contribution in [2.45, 2.75) is 56.4 Å². The first-order valence-electron chi connectivity index (χ1n) is 14.1. The molecule has 1 aliphatic carbocycles.